The van der Waals surface area contributed by atoms with Gasteiger partial charge in [0, 0.05) is 55.1 Å². The molecule has 0 aliphatic heterocycles. The van der Waals surface area contributed by atoms with Crippen LogP contribution in [0.2, 0.25) is 0 Å². The van der Waals surface area contributed by atoms with Crippen LogP contribution in [0.3, 0.4) is 0 Å². The monoisotopic (exact) mass is 862 g/mol. The van der Waals surface area contributed by atoms with Gasteiger partial charge in [-0.3, -0.25) is 18.3 Å². The minimum absolute atomic E-state index is 0.123. The molecule has 0 radical (unpaired) electrons. The molecule has 1 aliphatic carbocycles. The van der Waals surface area contributed by atoms with Crippen LogP contribution in [0.15, 0.2) is 194 Å². The van der Waals surface area contributed by atoms with Gasteiger partial charge in [-0.2, -0.15) is 26.3 Å². The summed E-state index contributed by atoms with van der Waals surface area (Å²) in [5, 5.41) is 5.12. The van der Waals surface area contributed by atoms with Crippen molar-refractivity contribution in [2.75, 3.05) is 0 Å². The van der Waals surface area contributed by atoms with Crippen LogP contribution in [0, 0.1) is 0 Å². The summed E-state index contributed by atoms with van der Waals surface area (Å²) in [4.78, 5) is 0. The third-order valence-corrected chi connectivity index (χ3v) is 13.5. The van der Waals surface area contributed by atoms with Gasteiger partial charge in [0.25, 0.3) is 0 Å². The zero-order valence-electron chi connectivity index (χ0n) is 34.0. The lowest BCUT2D eigenvalue weighted by atomic mass is 9.76. The average molecular weight is 863 g/mol. The van der Waals surface area contributed by atoms with Gasteiger partial charge < -0.3 is 0 Å². The Morgan fingerprint density at radius 3 is 0.923 bits per heavy atom. The highest BCUT2D eigenvalue weighted by atomic mass is 19.4. The minimum Gasteiger partial charge on any atom is -0.295 e. The first kappa shape index (κ1) is 37.6. The van der Waals surface area contributed by atoms with Crippen LogP contribution in [0.25, 0.3) is 99.6 Å². The normalized spacial score (nSPS) is 13.8. The standard InChI is InChI=1S/C55H32F6N4/c56-54(57,58)53(55(59,60)61)43-31-35(64-47-25-13-9-21-41(47)49-39-19-7-11-23-45(39)62(51(49)64)33-15-3-1-4-16-33)27-29-37(43)38-30-28-36(32-44(38)53)65-48-26-14-10-22-42(48)50-40-20-8-12-24-46(40)63(52(50)65)34-17-5-2-6-18-34/h1-32H. The average Bonchev–Trinajstić information content (AvgIpc) is 4.09. The quantitative estimate of drug-likeness (QED) is 0.157. The van der Waals surface area contributed by atoms with Crippen LogP contribution in [-0.2, 0) is 5.41 Å². The van der Waals surface area contributed by atoms with E-state index in [1.165, 1.54) is 12.1 Å². The fourth-order valence-corrected chi connectivity index (χ4v) is 10.9. The fourth-order valence-electron chi connectivity index (χ4n) is 10.9. The van der Waals surface area contributed by atoms with Crippen LogP contribution in [0.4, 0.5) is 26.3 Å². The van der Waals surface area contributed by atoms with E-state index < -0.39 is 28.9 Å². The maximum Gasteiger partial charge on any atom is 0.411 e. The number of aromatic nitrogens is 4. The topological polar surface area (TPSA) is 19.7 Å². The molecule has 12 aromatic rings. The van der Waals surface area contributed by atoms with Gasteiger partial charge in [-0.15, -0.1) is 0 Å². The second-order valence-corrected chi connectivity index (χ2v) is 16.7. The predicted octanol–water partition coefficient (Wildman–Crippen LogP) is 15.2. The lowest BCUT2D eigenvalue weighted by molar-refractivity contribution is -0.287. The summed E-state index contributed by atoms with van der Waals surface area (Å²) in [6.07, 6.45) is -11.6. The molecule has 0 N–H and O–H groups in total. The Labute approximate surface area is 366 Å². The van der Waals surface area contributed by atoms with Gasteiger partial charge in [0.2, 0.25) is 5.41 Å². The third kappa shape index (κ3) is 4.83. The molecule has 0 saturated carbocycles. The van der Waals surface area contributed by atoms with Gasteiger partial charge >= 0.3 is 12.4 Å². The molecule has 10 heteroatoms. The Kier molecular flexibility index (Phi) is 7.54. The van der Waals surface area contributed by atoms with E-state index in [2.05, 4.69) is 0 Å². The SMILES string of the molecule is FC(F)(F)C1(C(F)(F)F)c2cc(-n3c4ccccc4c4c5ccccc5n(-c5ccccc5)c43)ccc2-c2ccc(-n3c4ccccc4c4c5ccccc5n(-c5ccccc5)c43)cc21. The number of halogens is 6. The number of hydrogen-bond donors (Lipinski definition) is 0. The molecule has 0 amide bonds. The van der Waals surface area contributed by atoms with Gasteiger partial charge in [-0.1, -0.05) is 121 Å². The number of benzene rings is 8. The van der Waals surface area contributed by atoms with Gasteiger partial charge in [0.1, 0.15) is 11.3 Å². The molecule has 0 saturated heterocycles. The number of rotatable bonds is 4. The predicted molar refractivity (Wildman–Crippen MR) is 247 cm³/mol. The van der Waals surface area contributed by atoms with Gasteiger partial charge in [0.05, 0.1) is 22.1 Å². The van der Waals surface area contributed by atoms with E-state index in [1.807, 2.05) is 167 Å². The smallest absolute Gasteiger partial charge is 0.295 e. The van der Waals surface area contributed by atoms with E-state index in [1.54, 1.807) is 21.3 Å². The number of para-hydroxylation sites is 6. The molecule has 65 heavy (non-hydrogen) atoms. The van der Waals surface area contributed by atoms with Crippen molar-refractivity contribution < 1.29 is 26.3 Å². The van der Waals surface area contributed by atoms with Crippen molar-refractivity contribution in [3.8, 4) is 33.9 Å². The van der Waals surface area contributed by atoms with E-state index in [0.29, 0.717) is 22.3 Å². The lowest BCUT2D eigenvalue weighted by Gasteiger charge is -2.36. The van der Waals surface area contributed by atoms with E-state index in [9.17, 15) is 0 Å². The third-order valence-electron chi connectivity index (χ3n) is 13.5. The van der Waals surface area contributed by atoms with Gasteiger partial charge in [0.15, 0.2) is 0 Å². The molecule has 4 aromatic heterocycles. The summed E-state index contributed by atoms with van der Waals surface area (Å²) >= 11 is 0. The molecule has 0 bridgehead atoms. The molecule has 8 aromatic carbocycles. The van der Waals surface area contributed by atoms with Crippen LogP contribution < -0.4 is 0 Å². The van der Waals surface area contributed by atoms with Gasteiger partial charge in [-0.05, 0) is 95.1 Å². The first-order valence-electron chi connectivity index (χ1n) is 21.2. The molecule has 314 valence electrons. The summed E-state index contributed by atoms with van der Waals surface area (Å²) in [5.74, 6) is 0. The number of hydrogen-bond acceptors (Lipinski definition) is 0. The molecule has 4 heterocycles. The Hall–Kier alpha value is -7.98. The largest absolute Gasteiger partial charge is 0.411 e. The van der Waals surface area contributed by atoms with Crippen LogP contribution >= 0.6 is 0 Å². The maximum atomic E-state index is 16.3. The van der Waals surface area contributed by atoms with Gasteiger partial charge in [-0.25, -0.2) is 0 Å². The van der Waals surface area contributed by atoms with E-state index >= 15 is 26.3 Å². The highest BCUT2D eigenvalue weighted by molar-refractivity contribution is 6.23. The second kappa shape index (κ2) is 13.0. The Bertz CT molecular complexity index is 3660. The molecule has 13 rings (SSSR count). The molecule has 0 atom stereocenters. The highest BCUT2D eigenvalue weighted by Crippen LogP contribution is 2.64. The molecule has 0 fully saturated rings. The van der Waals surface area contributed by atoms with Crippen LogP contribution in [-0.4, -0.2) is 30.6 Å². The molecular formula is C55H32F6N4. The first-order valence-corrected chi connectivity index (χ1v) is 21.2. The van der Waals surface area contributed by atoms with Crippen molar-refractivity contribution in [1.29, 1.82) is 0 Å². The van der Waals surface area contributed by atoms with Crippen molar-refractivity contribution in [2.45, 2.75) is 17.8 Å². The van der Waals surface area contributed by atoms with Crippen molar-refractivity contribution in [3.63, 3.8) is 0 Å². The number of nitrogens with zero attached hydrogens (tertiary/aromatic N) is 4. The van der Waals surface area contributed by atoms with Crippen LogP contribution in [0.1, 0.15) is 11.1 Å². The summed E-state index contributed by atoms with van der Waals surface area (Å²) in [6.45, 7) is 0. The number of fused-ring (bicyclic) bond motifs is 13. The fraction of sp³-hybridized carbons (Fsp3) is 0.0545. The Morgan fingerprint density at radius 1 is 0.308 bits per heavy atom. The first-order chi connectivity index (χ1) is 31.6. The number of alkyl halides is 6. The molecular weight excluding hydrogens is 831 g/mol. The molecule has 0 unspecified atom stereocenters. The Morgan fingerprint density at radius 2 is 0.600 bits per heavy atom. The van der Waals surface area contributed by atoms with Crippen molar-refractivity contribution in [1.82, 2.24) is 18.3 Å². The van der Waals surface area contributed by atoms with Crippen LogP contribution in [0.5, 0.6) is 0 Å². The van der Waals surface area contributed by atoms with E-state index in [0.717, 1.165) is 66.9 Å². The summed E-state index contributed by atoms with van der Waals surface area (Å²) in [7, 11) is 0. The maximum absolute atomic E-state index is 16.3. The summed E-state index contributed by atoms with van der Waals surface area (Å²) < 4.78 is 106. The zero-order chi connectivity index (χ0) is 44.0. The Balaban J connectivity index is 1.11. The zero-order valence-corrected chi connectivity index (χ0v) is 34.0. The second-order valence-electron chi connectivity index (χ2n) is 16.7. The molecule has 0 spiro atoms. The van der Waals surface area contributed by atoms with Crippen molar-refractivity contribution in [2.24, 2.45) is 0 Å². The van der Waals surface area contributed by atoms with E-state index in [4.69, 9.17) is 0 Å². The summed E-state index contributed by atoms with van der Waals surface area (Å²) in [5.41, 5.74) is -0.182. The molecule has 1 aliphatic rings. The van der Waals surface area contributed by atoms with Crippen molar-refractivity contribution in [3.05, 3.63) is 205 Å². The minimum atomic E-state index is -5.80. The molecule has 4 nitrogen and oxygen atoms in total. The lowest BCUT2D eigenvalue weighted by Crippen LogP contribution is -2.53. The summed E-state index contributed by atoms with van der Waals surface area (Å²) in [6, 6.07) is 58.1. The van der Waals surface area contributed by atoms with Crippen molar-refractivity contribution >= 4 is 65.7 Å². The van der Waals surface area contributed by atoms with E-state index in [-0.39, 0.29) is 22.5 Å². The highest BCUT2D eigenvalue weighted by Gasteiger charge is 2.75.